The molecule has 0 aromatic rings. The van der Waals surface area contributed by atoms with Crippen molar-refractivity contribution in [3.8, 4) is 0 Å². The standard InChI is InChI=1S/C18H36F3N5/c1-4-22-17(23-10-7-12-25(3)15-18(19,20)21)24-11-8-14-26-13-6-5-9-16(26)2/h16H,4-15H2,1-3H3,(H2,22,23,24). The van der Waals surface area contributed by atoms with E-state index >= 15 is 0 Å². The third-order valence-corrected chi connectivity index (χ3v) is 4.62. The highest BCUT2D eigenvalue weighted by Gasteiger charge is 2.28. The molecule has 1 aliphatic heterocycles. The fourth-order valence-electron chi connectivity index (χ4n) is 3.24. The Balaban J connectivity index is 2.21. The normalized spacial score (nSPS) is 19.8. The van der Waals surface area contributed by atoms with Crippen LogP contribution in [0, 0.1) is 0 Å². The Morgan fingerprint density at radius 1 is 1.23 bits per heavy atom. The zero-order chi connectivity index (χ0) is 19.4. The number of nitrogens with one attached hydrogen (secondary N) is 2. The van der Waals surface area contributed by atoms with E-state index in [1.807, 2.05) is 6.92 Å². The molecule has 1 fully saturated rings. The van der Waals surface area contributed by atoms with Gasteiger partial charge in [-0.2, -0.15) is 13.2 Å². The number of nitrogens with zero attached hydrogens (tertiary/aromatic N) is 3. The maximum absolute atomic E-state index is 12.3. The lowest BCUT2D eigenvalue weighted by Crippen LogP contribution is -2.41. The Hall–Kier alpha value is -1.02. The van der Waals surface area contributed by atoms with Gasteiger partial charge < -0.3 is 15.5 Å². The monoisotopic (exact) mass is 379 g/mol. The van der Waals surface area contributed by atoms with E-state index in [0.29, 0.717) is 25.6 Å². The molecule has 0 aromatic carbocycles. The Kier molecular flexibility index (Phi) is 11.0. The van der Waals surface area contributed by atoms with Gasteiger partial charge in [-0.3, -0.25) is 9.89 Å². The molecule has 0 bridgehead atoms. The van der Waals surface area contributed by atoms with Gasteiger partial charge in [0.15, 0.2) is 5.96 Å². The summed E-state index contributed by atoms with van der Waals surface area (Å²) < 4.78 is 36.8. The molecule has 0 radical (unpaired) electrons. The second kappa shape index (κ2) is 12.4. The number of hydrogen-bond acceptors (Lipinski definition) is 3. The smallest absolute Gasteiger partial charge is 0.357 e. The molecule has 1 unspecified atom stereocenters. The van der Waals surface area contributed by atoms with E-state index in [9.17, 15) is 13.2 Å². The van der Waals surface area contributed by atoms with Crippen LogP contribution in [0.3, 0.4) is 0 Å². The van der Waals surface area contributed by atoms with Gasteiger partial charge >= 0.3 is 6.18 Å². The third kappa shape index (κ3) is 10.9. The number of guanidine groups is 1. The number of halogens is 3. The molecule has 0 spiro atoms. The van der Waals surface area contributed by atoms with Crippen molar-refractivity contribution in [2.24, 2.45) is 4.99 Å². The molecule has 26 heavy (non-hydrogen) atoms. The molecule has 5 nitrogen and oxygen atoms in total. The maximum Gasteiger partial charge on any atom is 0.401 e. The first-order valence-electron chi connectivity index (χ1n) is 9.83. The Labute approximate surface area is 156 Å². The summed E-state index contributed by atoms with van der Waals surface area (Å²) in [7, 11) is 1.49. The lowest BCUT2D eigenvalue weighted by molar-refractivity contribution is -0.143. The molecule has 1 rings (SSSR count). The lowest BCUT2D eigenvalue weighted by atomic mass is 10.0. The Morgan fingerprint density at radius 2 is 2.00 bits per heavy atom. The van der Waals surface area contributed by atoms with Crippen molar-refractivity contribution in [1.82, 2.24) is 20.4 Å². The van der Waals surface area contributed by atoms with Crippen LogP contribution in [0.15, 0.2) is 4.99 Å². The minimum absolute atomic E-state index is 0.384. The predicted octanol–water partition coefficient (Wildman–Crippen LogP) is 2.69. The first kappa shape index (κ1) is 23.0. The molecule has 0 aliphatic carbocycles. The van der Waals surface area contributed by atoms with E-state index in [0.717, 1.165) is 32.0 Å². The summed E-state index contributed by atoms with van der Waals surface area (Å²) in [6.45, 7) is 8.24. The number of hydrogen-bond donors (Lipinski definition) is 2. The van der Waals surface area contributed by atoms with Gasteiger partial charge in [0.1, 0.15) is 0 Å². The summed E-state index contributed by atoms with van der Waals surface area (Å²) in [5.41, 5.74) is 0. The molecule has 1 atom stereocenters. The van der Waals surface area contributed by atoms with Crippen LogP contribution in [0.25, 0.3) is 0 Å². The molecule has 1 aliphatic rings. The number of alkyl halides is 3. The van der Waals surface area contributed by atoms with E-state index < -0.39 is 12.7 Å². The van der Waals surface area contributed by atoms with Crippen molar-refractivity contribution in [1.29, 1.82) is 0 Å². The molecule has 154 valence electrons. The second-order valence-electron chi connectivity index (χ2n) is 7.13. The number of likely N-dealkylation sites (tertiary alicyclic amines) is 1. The molecular formula is C18H36F3N5. The van der Waals surface area contributed by atoms with E-state index in [1.165, 1.54) is 37.8 Å². The van der Waals surface area contributed by atoms with E-state index in [4.69, 9.17) is 0 Å². The van der Waals surface area contributed by atoms with Gasteiger partial charge in [-0.15, -0.1) is 0 Å². The van der Waals surface area contributed by atoms with Crippen molar-refractivity contribution in [2.45, 2.75) is 58.2 Å². The number of piperidine rings is 1. The molecule has 0 aromatic heterocycles. The van der Waals surface area contributed by atoms with E-state index in [2.05, 4.69) is 27.4 Å². The molecule has 0 saturated carbocycles. The van der Waals surface area contributed by atoms with E-state index in [-0.39, 0.29) is 0 Å². The number of aliphatic imine (C=N–C) groups is 1. The van der Waals surface area contributed by atoms with Gasteiger partial charge in [0.2, 0.25) is 0 Å². The minimum Gasteiger partial charge on any atom is -0.357 e. The summed E-state index contributed by atoms with van der Waals surface area (Å²) >= 11 is 0. The van der Waals surface area contributed by atoms with Crippen LogP contribution in [0.5, 0.6) is 0 Å². The second-order valence-corrected chi connectivity index (χ2v) is 7.13. The minimum atomic E-state index is -4.14. The average Bonchev–Trinajstić information content (AvgIpc) is 2.55. The molecule has 1 saturated heterocycles. The zero-order valence-electron chi connectivity index (χ0n) is 16.5. The number of rotatable bonds is 10. The molecule has 0 amide bonds. The van der Waals surface area contributed by atoms with Gasteiger partial charge in [0.05, 0.1) is 6.54 Å². The topological polar surface area (TPSA) is 42.9 Å². The maximum atomic E-state index is 12.3. The summed E-state index contributed by atoms with van der Waals surface area (Å²) in [5, 5.41) is 6.51. The van der Waals surface area contributed by atoms with Crippen LogP contribution < -0.4 is 10.6 Å². The van der Waals surface area contributed by atoms with E-state index in [1.54, 1.807) is 0 Å². The largest absolute Gasteiger partial charge is 0.401 e. The average molecular weight is 380 g/mol. The van der Waals surface area contributed by atoms with Gasteiger partial charge in [0, 0.05) is 32.2 Å². The van der Waals surface area contributed by atoms with Crippen molar-refractivity contribution in [3.63, 3.8) is 0 Å². The molecular weight excluding hydrogens is 343 g/mol. The van der Waals surface area contributed by atoms with Crippen LogP contribution in [-0.4, -0.2) is 80.8 Å². The predicted molar refractivity (Wildman–Crippen MR) is 102 cm³/mol. The SMILES string of the molecule is CCNC(=NCCCN(C)CC(F)(F)F)NCCCN1CCCCC1C. The fraction of sp³-hybridized carbons (Fsp3) is 0.944. The van der Waals surface area contributed by atoms with Crippen LogP contribution in [0.2, 0.25) is 0 Å². The van der Waals surface area contributed by atoms with Gasteiger partial charge in [-0.25, -0.2) is 0 Å². The highest BCUT2D eigenvalue weighted by Crippen LogP contribution is 2.16. The first-order valence-corrected chi connectivity index (χ1v) is 9.83. The van der Waals surface area contributed by atoms with Crippen LogP contribution in [0.1, 0.15) is 46.0 Å². The van der Waals surface area contributed by atoms with Crippen molar-refractivity contribution in [3.05, 3.63) is 0 Å². The summed E-state index contributed by atoms with van der Waals surface area (Å²) in [6.07, 6.45) is 1.45. The van der Waals surface area contributed by atoms with Crippen molar-refractivity contribution >= 4 is 5.96 Å². The zero-order valence-corrected chi connectivity index (χ0v) is 16.5. The molecule has 8 heteroatoms. The fourth-order valence-corrected chi connectivity index (χ4v) is 3.24. The highest BCUT2D eigenvalue weighted by atomic mass is 19.4. The van der Waals surface area contributed by atoms with Gasteiger partial charge in [-0.05, 0) is 59.7 Å². The summed E-state index contributed by atoms with van der Waals surface area (Å²) in [4.78, 5) is 8.29. The van der Waals surface area contributed by atoms with Crippen molar-refractivity contribution < 1.29 is 13.2 Å². The summed E-state index contributed by atoms with van der Waals surface area (Å²) in [5.74, 6) is 0.748. The lowest BCUT2D eigenvalue weighted by Gasteiger charge is -2.33. The third-order valence-electron chi connectivity index (χ3n) is 4.62. The Morgan fingerprint density at radius 3 is 2.65 bits per heavy atom. The van der Waals surface area contributed by atoms with Crippen LogP contribution in [0.4, 0.5) is 13.2 Å². The molecule has 1 heterocycles. The molecule has 2 N–H and O–H groups in total. The van der Waals surface area contributed by atoms with Crippen LogP contribution in [-0.2, 0) is 0 Å². The van der Waals surface area contributed by atoms with Crippen LogP contribution >= 0.6 is 0 Å². The Bertz CT molecular complexity index is 401. The van der Waals surface area contributed by atoms with Gasteiger partial charge in [0.25, 0.3) is 0 Å². The van der Waals surface area contributed by atoms with Gasteiger partial charge in [-0.1, -0.05) is 6.42 Å². The first-order chi connectivity index (χ1) is 12.3. The summed E-state index contributed by atoms with van der Waals surface area (Å²) in [6, 6.07) is 0.680. The highest BCUT2D eigenvalue weighted by molar-refractivity contribution is 5.79. The quantitative estimate of drug-likeness (QED) is 0.348. The van der Waals surface area contributed by atoms with Crippen molar-refractivity contribution in [2.75, 3.05) is 52.9 Å².